The van der Waals surface area contributed by atoms with E-state index in [9.17, 15) is 28.2 Å². The molecular weight excluding hydrogens is 445 g/mol. The van der Waals surface area contributed by atoms with E-state index in [1.54, 1.807) is 12.1 Å². The van der Waals surface area contributed by atoms with Gasteiger partial charge in [0.05, 0.1) is 21.8 Å². The second-order valence-corrected chi connectivity index (χ2v) is 8.03. The Labute approximate surface area is 186 Å². The van der Waals surface area contributed by atoms with Crippen LogP contribution in [0.3, 0.4) is 0 Å². The Hall–Kier alpha value is -3.26. The number of benzene rings is 2. The Bertz CT molecular complexity index is 1210. The number of phenols is 2. The van der Waals surface area contributed by atoms with E-state index in [2.05, 4.69) is 4.98 Å². The molecule has 1 aliphatic heterocycles. The van der Waals surface area contributed by atoms with Gasteiger partial charge in [0.25, 0.3) is 5.91 Å². The number of hydrogen-bond acceptors (Lipinski definition) is 4. The van der Waals surface area contributed by atoms with Crippen LogP contribution in [0.5, 0.6) is 11.5 Å². The maximum Gasteiger partial charge on any atom is 0.418 e. The van der Waals surface area contributed by atoms with E-state index in [1.165, 1.54) is 29.3 Å². The summed E-state index contributed by atoms with van der Waals surface area (Å²) in [5.41, 5.74) is 0.431. The summed E-state index contributed by atoms with van der Waals surface area (Å²) in [6, 6.07) is 8.88. The number of hydrogen-bond donors (Lipinski definition) is 2. The molecule has 3 aromatic rings. The number of aromatic nitrogens is 1. The Morgan fingerprint density at radius 1 is 1.16 bits per heavy atom. The Morgan fingerprint density at radius 3 is 2.62 bits per heavy atom. The van der Waals surface area contributed by atoms with Crippen molar-refractivity contribution in [2.45, 2.75) is 32.0 Å². The highest BCUT2D eigenvalue weighted by atomic mass is 35.5. The van der Waals surface area contributed by atoms with Crippen LogP contribution < -0.4 is 4.90 Å². The summed E-state index contributed by atoms with van der Waals surface area (Å²) in [5, 5.41) is 19.7. The van der Waals surface area contributed by atoms with Crippen molar-refractivity contribution in [3.05, 3.63) is 70.4 Å². The molecule has 0 saturated heterocycles. The van der Waals surface area contributed by atoms with Gasteiger partial charge in [0.1, 0.15) is 11.5 Å². The Morgan fingerprint density at radius 2 is 1.91 bits per heavy atom. The first-order valence-electron chi connectivity index (χ1n) is 9.78. The number of rotatable bonds is 2. The molecule has 0 fully saturated rings. The number of aryl methyl sites for hydroxylation is 1. The van der Waals surface area contributed by atoms with Crippen LogP contribution in [0.15, 0.2) is 48.7 Å². The van der Waals surface area contributed by atoms with Crippen molar-refractivity contribution in [1.82, 2.24) is 4.98 Å². The van der Waals surface area contributed by atoms with E-state index in [0.717, 1.165) is 12.1 Å². The minimum Gasteiger partial charge on any atom is -0.507 e. The fraction of sp³-hybridized carbons (Fsp3) is 0.217. The predicted molar refractivity (Wildman–Crippen MR) is 114 cm³/mol. The highest BCUT2D eigenvalue weighted by molar-refractivity contribution is 6.32. The molecule has 0 radical (unpaired) electrons. The molecule has 0 aliphatic carbocycles. The third kappa shape index (κ3) is 3.86. The van der Waals surface area contributed by atoms with Gasteiger partial charge in [-0.25, -0.2) is 0 Å². The lowest BCUT2D eigenvalue weighted by Gasteiger charge is -2.36. The summed E-state index contributed by atoms with van der Waals surface area (Å²) in [5.74, 6) is -1.30. The average Bonchev–Trinajstić information content (AvgIpc) is 2.75. The SMILES string of the molecule is CC1CCc2cc(-c3ncccc3C(F)(F)F)ccc2N1C(=O)c1cc(Cl)c(O)cc1O. The fourth-order valence-electron chi connectivity index (χ4n) is 3.92. The van der Waals surface area contributed by atoms with Crippen LogP contribution in [-0.4, -0.2) is 27.1 Å². The smallest absolute Gasteiger partial charge is 0.418 e. The van der Waals surface area contributed by atoms with Crippen molar-refractivity contribution in [1.29, 1.82) is 0 Å². The number of nitrogens with zero attached hydrogens (tertiary/aromatic N) is 2. The van der Waals surface area contributed by atoms with E-state index in [4.69, 9.17) is 11.6 Å². The molecule has 2 aromatic carbocycles. The second kappa shape index (κ2) is 8.02. The number of alkyl halides is 3. The highest BCUT2D eigenvalue weighted by Gasteiger charge is 2.35. The van der Waals surface area contributed by atoms with E-state index in [1.807, 2.05) is 6.92 Å². The lowest BCUT2D eigenvalue weighted by Crippen LogP contribution is -2.42. The molecule has 0 bridgehead atoms. The molecule has 1 atom stereocenters. The van der Waals surface area contributed by atoms with Crippen LogP contribution in [0.1, 0.15) is 34.8 Å². The number of aromatic hydroxyl groups is 2. The summed E-state index contributed by atoms with van der Waals surface area (Å²) in [4.78, 5) is 18.7. The van der Waals surface area contributed by atoms with Crippen molar-refractivity contribution in [2.24, 2.45) is 0 Å². The zero-order valence-corrected chi connectivity index (χ0v) is 17.6. The molecule has 1 unspecified atom stereocenters. The topological polar surface area (TPSA) is 73.7 Å². The summed E-state index contributed by atoms with van der Waals surface area (Å²) < 4.78 is 40.3. The summed E-state index contributed by atoms with van der Waals surface area (Å²) >= 11 is 5.91. The normalized spacial score (nSPS) is 16.0. The van der Waals surface area contributed by atoms with Gasteiger partial charge in [0, 0.05) is 29.6 Å². The Balaban J connectivity index is 1.78. The molecule has 5 nitrogen and oxygen atoms in total. The molecule has 166 valence electrons. The number of pyridine rings is 1. The van der Waals surface area contributed by atoms with Gasteiger partial charge >= 0.3 is 6.18 Å². The third-order valence-corrected chi connectivity index (χ3v) is 5.81. The summed E-state index contributed by atoms with van der Waals surface area (Å²) in [7, 11) is 0. The van der Waals surface area contributed by atoms with Crippen LogP contribution in [-0.2, 0) is 12.6 Å². The molecule has 2 N–H and O–H groups in total. The van der Waals surface area contributed by atoms with Crippen molar-refractivity contribution in [3.8, 4) is 22.8 Å². The minimum atomic E-state index is -4.55. The van der Waals surface area contributed by atoms with E-state index in [0.29, 0.717) is 29.7 Å². The van der Waals surface area contributed by atoms with Crippen LogP contribution in [0.2, 0.25) is 5.02 Å². The number of carbonyl (C=O) groups is 1. The number of amides is 1. The molecule has 9 heteroatoms. The maximum atomic E-state index is 13.4. The fourth-order valence-corrected chi connectivity index (χ4v) is 4.09. The first-order chi connectivity index (χ1) is 15.1. The van der Waals surface area contributed by atoms with Gasteiger partial charge in [-0.15, -0.1) is 0 Å². The van der Waals surface area contributed by atoms with Crippen LogP contribution >= 0.6 is 11.6 Å². The first kappa shape index (κ1) is 22.0. The largest absolute Gasteiger partial charge is 0.507 e. The molecule has 32 heavy (non-hydrogen) atoms. The number of fused-ring (bicyclic) bond motifs is 1. The maximum absolute atomic E-state index is 13.4. The minimum absolute atomic E-state index is 0.0822. The van der Waals surface area contributed by atoms with Gasteiger partial charge in [-0.2, -0.15) is 13.2 Å². The van der Waals surface area contributed by atoms with Crippen LogP contribution in [0.25, 0.3) is 11.3 Å². The zero-order valence-electron chi connectivity index (χ0n) is 16.8. The number of phenolic OH excluding ortho intramolecular Hbond substituents is 2. The summed E-state index contributed by atoms with van der Waals surface area (Å²) in [6.07, 6.45) is -2.11. The van der Waals surface area contributed by atoms with Gasteiger partial charge in [-0.05, 0) is 55.7 Å². The van der Waals surface area contributed by atoms with E-state index < -0.39 is 23.4 Å². The lowest BCUT2D eigenvalue weighted by molar-refractivity contribution is -0.137. The Kier molecular flexibility index (Phi) is 5.50. The van der Waals surface area contributed by atoms with Crippen molar-refractivity contribution < 1.29 is 28.2 Å². The molecule has 1 aliphatic rings. The molecule has 2 heterocycles. The molecule has 0 saturated carbocycles. The molecule has 1 aromatic heterocycles. The van der Waals surface area contributed by atoms with E-state index in [-0.39, 0.29) is 28.1 Å². The van der Waals surface area contributed by atoms with Crippen LogP contribution in [0, 0.1) is 0 Å². The molecule has 4 rings (SSSR count). The number of anilines is 1. The average molecular weight is 463 g/mol. The van der Waals surface area contributed by atoms with Crippen molar-refractivity contribution in [3.63, 3.8) is 0 Å². The third-order valence-electron chi connectivity index (χ3n) is 5.51. The summed E-state index contributed by atoms with van der Waals surface area (Å²) in [6.45, 7) is 1.84. The molecule has 1 amide bonds. The monoisotopic (exact) mass is 462 g/mol. The van der Waals surface area contributed by atoms with Crippen LogP contribution in [0.4, 0.5) is 18.9 Å². The van der Waals surface area contributed by atoms with Gasteiger partial charge in [0.15, 0.2) is 0 Å². The van der Waals surface area contributed by atoms with Gasteiger partial charge in [-0.1, -0.05) is 17.7 Å². The van der Waals surface area contributed by atoms with Crippen molar-refractivity contribution in [2.75, 3.05) is 4.90 Å². The first-order valence-corrected chi connectivity index (χ1v) is 10.2. The number of carbonyl (C=O) groups excluding carboxylic acids is 1. The number of halogens is 4. The standard InChI is InChI=1S/C23H18ClF3N2O3/c1-12-4-5-13-9-14(21-16(23(25,26)27)3-2-8-28-21)6-7-18(13)29(12)22(32)15-10-17(24)20(31)11-19(15)30/h2-3,6-12,30-31H,4-5H2,1H3. The second-order valence-electron chi connectivity index (χ2n) is 7.62. The molecule has 0 spiro atoms. The van der Waals surface area contributed by atoms with Gasteiger partial charge < -0.3 is 15.1 Å². The predicted octanol–water partition coefficient (Wildman–Crippen LogP) is 5.81. The highest BCUT2D eigenvalue weighted by Crippen LogP contribution is 2.40. The quantitative estimate of drug-likeness (QED) is 0.503. The lowest BCUT2D eigenvalue weighted by atomic mass is 9.92. The zero-order chi connectivity index (χ0) is 23.2. The van der Waals surface area contributed by atoms with Crippen molar-refractivity contribution >= 4 is 23.2 Å². The van der Waals surface area contributed by atoms with Gasteiger partial charge in [-0.3, -0.25) is 9.78 Å². The van der Waals surface area contributed by atoms with Gasteiger partial charge in [0.2, 0.25) is 0 Å². The molecular formula is C23H18ClF3N2O3. The van der Waals surface area contributed by atoms with E-state index >= 15 is 0 Å².